The Kier molecular flexibility index (Phi) is 7.51. The Morgan fingerprint density at radius 1 is 1.10 bits per heavy atom. The molecule has 2 N–H and O–H groups in total. The van der Waals surface area contributed by atoms with Crippen molar-refractivity contribution in [1.29, 1.82) is 0 Å². The van der Waals surface area contributed by atoms with E-state index in [-0.39, 0.29) is 0 Å². The molecule has 3 aromatic rings. The molecule has 0 bridgehead atoms. The summed E-state index contributed by atoms with van der Waals surface area (Å²) in [5, 5.41) is 11.1. The number of rotatable bonds is 8. The fraction of sp³-hybridized carbons (Fsp3) is 0.286. The van der Waals surface area contributed by atoms with E-state index in [0.717, 1.165) is 11.1 Å². The lowest BCUT2D eigenvalue weighted by atomic mass is 10.2. The van der Waals surface area contributed by atoms with Crippen LogP contribution >= 0.6 is 11.6 Å². The van der Waals surface area contributed by atoms with Gasteiger partial charge in [0, 0.05) is 37.1 Å². The molecule has 1 heterocycles. The number of nitrogens with one attached hydrogen (secondary N) is 2. The van der Waals surface area contributed by atoms with E-state index in [0.29, 0.717) is 53.7 Å². The highest BCUT2D eigenvalue weighted by molar-refractivity contribution is 6.30. The molecule has 0 radical (unpaired) electrons. The van der Waals surface area contributed by atoms with Gasteiger partial charge in [0.1, 0.15) is 0 Å². The number of halogens is 1. The van der Waals surface area contributed by atoms with Crippen LogP contribution < -0.4 is 20.1 Å². The first-order chi connectivity index (χ1) is 14.6. The average Bonchev–Trinajstić information content (AvgIpc) is 3.24. The first kappa shape index (κ1) is 21.4. The van der Waals surface area contributed by atoms with Crippen molar-refractivity contribution < 1.29 is 14.0 Å². The van der Waals surface area contributed by atoms with Crippen molar-refractivity contribution in [3.8, 4) is 22.9 Å². The predicted octanol–water partition coefficient (Wildman–Crippen LogP) is 3.31. The molecule has 0 saturated heterocycles. The third-order valence-corrected chi connectivity index (χ3v) is 4.55. The average molecular weight is 430 g/mol. The molecule has 1 aromatic heterocycles. The van der Waals surface area contributed by atoms with Crippen molar-refractivity contribution in [2.45, 2.75) is 13.0 Å². The number of benzene rings is 2. The molecule has 9 heteroatoms. The van der Waals surface area contributed by atoms with Crippen molar-refractivity contribution >= 4 is 17.6 Å². The number of hydrogen-bond acceptors (Lipinski definition) is 6. The zero-order valence-electron chi connectivity index (χ0n) is 17.1. The maximum absolute atomic E-state index is 6.01. The quantitative estimate of drug-likeness (QED) is 0.419. The molecule has 0 atom stereocenters. The molecule has 0 aliphatic heterocycles. The Hall–Kier alpha value is -3.26. The van der Waals surface area contributed by atoms with E-state index in [1.165, 1.54) is 0 Å². The van der Waals surface area contributed by atoms with E-state index < -0.39 is 0 Å². The van der Waals surface area contributed by atoms with Crippen molar-refractivity contribution in [3.05, 3.63) is 58.9 Å². The summed E-state index contributed by atoms with van der Waals surface area (Å²) in [6.45, 7) is 1.17. The molecule has 0 saturated carbocycles. The molecule has 3 rings (SSSR count). The topological polar surface area (TPSA) is 93.8 Å². The summed E-state index contributed by atoms with van der Waals surface area (Å²) < 4.78 is 15.9. The second-order valence-electron chi connectivity index (χ2n) is 6.31. The van der Waals surface area contributed by atoms with Gasteiger partial charge in [-0.25, -0.2) is 0 Å². The van der Waals surface area contributed by atoms with E-state index in [1.54, 1.807) is 33.4 Å². The monoisotopic (exact) mass is 429 g/mol. The van der Waals surface area contributed by atoms with Crippen LogP contribution in [0.2, 0.25) is 5.02 Å². The molecule has 2 aromatic carbocycles. The summed E-state index contributed by atoms with van der Waals surface area (Å²) in [6.07, 6.45) is 0.560. The van der Waals surface area contributed by atoms with E-state index >= 15 is 0 Å². The maximum atomic E-state index is 6.01. The van der Waals surface area contributed by atoms with E-state index in [4.69, 9.17) is 25.6 Å². The van der Waals surface area contributed by atoms with Gasteiger partial charge in [0.2, 0.25) is 11.7 Å². The molecule has 0 aliphatic rings. The highest BCUT2D eigenvalue weighted by atomic mass is 35.5. The Balaban J connectivity index is 1.49. The van der Waals surface area contributed by atoms with Gasteiger partial charge in [0.25, 0.3) is 0 Å². The highest BCUT2D eigenvalue weighted by Gasteiger charge is 2.09. The van der Waals surface area contributed by atoms with Crippen molar-refractivity contribution in [3.63, 3.8) is 0 Å². The van der Waals surface area contributed by atoms with Gasteiger partial charge in [0.15, 0.2) is 17.5 Å². The van der Waals surface area contributed by atoms with E-state index in [1.807, 2.05) is 30.3 Å². The Morgan fingerprint density at radius 2 is 1.93 bits per heavy atom. The molecule has 0 fully saturated rings. The fourth-order valence-electron chi connectivity index (χ4n) is 2.79. The van der Waals surface area contributed by atoms with E-state index in [9.17, 15) is 0 Å². The summed E-state index contributed by atoms with van der Waals surface area (Å²) in [4.78, 5) is 8.64. The lowest BCUT2D eigenvalue weighted by molar-refractivity contribution is 0.354. The third-order valence-electron chi connectivity index (χ3n) is 4.31. The second kappa shape index (κ2) is 10.5. The smallest absolute Gasteiger partial charge is 0.228 e. The van der Waals surface area contributed by atoms with Crippen LogP contribution in [0.4, 0.5) is 0 Å². The lowest BCUT2D eigenvalue weighted by Crippen LogP contribution is -2.37. The molecule has 0 amide bonds. The minimum absolute atomic E-state index is 0.517. The Labute approximate surface area is 180 Å². The Morgan fingerprint density at radius 3 is 2.67 bits per heavy atom. The van der Waals surface area contributed by atoms with Gasteiger partial charge in [-0.05, 0) is 29.8 Å². The van der Waals surface area contributed by atoms with Gasteiger partial charge >= 0.3 is 0 Å². The summed E-state index contributed by atoms with van der Waals surface area (Å²) in [6, 6.07) is 13.1. The van der Waals surface area contributed by atoms with E-state index in [2.05, 4.69) is 25.8 Å². The molecule has 158 valence electrons. The van der Waals surface area contributed by atoms with Gasteiger partial charge in [0.05, 0.1) is 14.2 Å². The maximum Gasteiger partial charge on any atom is 0.228 e. The van der Waals surface area contributed by atoms with Crippen LogP contribution in [-0.4, -0.2) is 43.9 Å². The molecule has 8 nitrogen and oxygen atoms in total. The number of nitrogens with zero attached hydrogens (tertiary/aromatic N) is 3. The minimum atomic E-state index is 0.517. The summed E-state index contributed by atoms with van der Waals surface area (Å²) in [5.41, 5.74) is 1.86. The molecular formula is C21H24ClN5O3. The number of methoxy groups -OCH3 is 2. The van der Waals surface area contributed by atoms with Gasteiger partial charge in [-0.2, -0.15) is 4.98 Å². The number of guanidine groups is 1. The van der Waals surface area contributed by atoms with Crippen LogP contribution in [0.5, 0.6) is 11.5 Å². The molecule has 30 heavy (non-hydrogen) atoms. The van der Waals surface area contributed by atoms with Crippen LogP contribution in [0.3, 0.4) is 0 Å². The zero-order valence-corrected chi connectivity index (χ0v) is 17.9. The van der Waals surface area contributed by atoms with Crippen LogP contribution in [0, 0.1) is 0 Å². The Bertz CT molecular complexity index is 1010. The first-order valence-electron chi connectivity index (χ1n) is 9.37. The molecule has 0 spiro atoms. The van der Waals surface area contributed by atoms with Crippen molar-refractivity contribution in [2.75, 3.05) is 27.8 Å². The number of aliphatic imine (C=N–C) groups is 1. The van der Waals surface area contributed by atoms with Crippen LogP contribution in [0.15, 0.2) is 52.0 Å². The van der Waals surface area contributed by atoms with Crippen LogP contribution in [-0.2, 0) is 13.0 Å². The lowest BCUT2D eigenvalue weighted by Gasteiger charge is -2.13. The van der Waals surface area contributed by atoms with Crippen LogP contribution in [0.25, 0.3) is 11.4 Å². The predicted molar refractivity (Wildman–Crippen MR) is 116 cm³/mol. The normalized spacial score (nSPS) is 11.3. The van der Waals surface area contributed by atoms with Gasteiger partial charge in [-0.15, -0.1) is 0 Å². The largest absolute Gasteiger partial charge is 0.493 e. The standard InChI is InChI=1S/C21H24ClN5O3/c1-23-21(25-13-14-7-8-17(28-2)18(11-14)29-3)24-10-9-19-26-20(27-30-19)15-5-4-6-16(22)12-15/h4-8,11-12H,9-10,13H2,1-3H3,(H2,23,24,25). The summed E-state index contributed by atoms with van der Waals surface area (Å²) in [7, 11) is 4.95. The van der Waals surface area contributed by atoms with Gasteiger partial charge in [-0.3, -0.25) is 4.99 Å². The summed E-state index contributed by atoms with van der Waals surface area (Å²) >= 11 is 6.01. The summed E-state index contributed by atoms with van der Waals surface area (Å²) in [5.74, 6) is 3.10. The minimum Gasteiger partial charge on any atom is -0.493 e. The molecular weight excluding hydrogens is 406 g/mol. The van der Waals surface area contributed by atoms with Crippen molar-refractivity contribution in [1.82, 2.24) is 20.8 Å². The molecule has 0 unspecified atom stereocenters. The number of hydrogen-bond donors (Lipinski definition) is 2. The third kappa shape index (κ3) is 5.64. The fourth-order valence-corrected chi connectivity index (χ4v) is 2.98. The number of aromatic nitrogens is 2. The van der Waals surface area contributed by atoms with Crippen LogP contribution in [0.1, 0.15) is 11.5 Å². The molecule has 0 aliphatic carbocycles. The van der Waals surface area contributed by atoms with Gasteiger partial charge < -0.3 is 24.6 Å². The second-order valence-corrected chi connectivity index (χ2v) is 6.75. The SMILES string of the molecule is CN=C(NCCc1nc(-c2cccc(Cl)c2)no1)NCc1ccc(OC)c(OC)c1. The zero-order chi connectivity index (χ0) is 21.3. The van der Waals surface area contributed by atoms with Crippen molar-refractivity contribution in [2.24, 2.45) is 4.99 Å². The first-order valence-corrected chi connectivity index (χ1v) is 9.74. The van der Waals surface area contributed by atoms with Gasteiger partial charge in [-0.1, -0.05) is 35.0 Å². The highest BCUT2D eigenvalue weighted by Crippen LogP contribution is 2.27. The number of ether oxygens (including phenoxy) is 2.